The summed E-state index contributed by atoms with van der Waals surface area (Å²) in [5.74, 6) is -0.483. The first-order valence-corrected chi connectivity index (χ1v) is 9.98. The number of carbonyl (C=O) groups is 1. The fraction of sp³-hybridized carbons (Fsp3) is 0.235. The monoisotopic (exact) mass is 400 g/mol. The predicted octanol–water partition coefficient (Wildman–Crippen LogP) is 4.01. The third-order valence-electron chi connectivity index (χ3n) is 3.51. The molecule has 0 heterocycles. The molecule has 0 unspecified atom stereocenters. The van der Waals surface area contributed by atoms with E-state index in [0.29, 0.717) is 21.4 Å². The van der Waals surface area contributed by atoms with Crippen LogP contribution in [-0.4, -0.2) is 27.1 Å². The van der Waals surface area contributed by atoms with Gasteiger partial charge in [-0.15, -0.1) is 0 Å². The van der Waals surface area contributed by atoms with E-state index in [1.54, 1.807) is 31.2 Å². The third kappa shape index (κ3) is 5.11. The van der Waals surface area contributed by atoms with E-state index in [1.807, 2.05) is 13.0 Å². The molecule has 2 aromatic carbocycles. The summed E-state index contributed by atoms with van der Waals surface area (Å²) in [5.41, 5.74) is 2.69. The van der Waals surface area contributed by atoms with Crippen LogP contribution in [0.3, 0.4) is 0 Å². The lowest BCUT2D eigenvalue weighted by Gasteiger charge is -2.24. The van der Waals surface area contributed by atoms with Gasteiger partial charge in [-0.3, -0.25) is 9.10 Å². The predicted molar refractivity (Wildman–Crippen MR) is 103 cm³/mol. The van der Waals surface area contributed by atoms with E-state index in [2.05, 4.69) is 5.32 Å². The van der Waals surface area contributed by atoms with Crippen molar-refractivity contribution < 1.29 is 13.2 Å². The maximum absolute atomic E-state index is 12.3. The molecule has 1 amide bonds. The van der Waals surface area contributed by atoms with Gasteiger partial charge in [0.15, 0.2) is 0 Å². The van der Waals surface area contributed by atoms with Gasteiger partial charge in [0.25, 0.3) is 0 Å². The van der Waals surface area contributed by atoms with E-state index in [4.69, 9.17) is 23.2 Å². The first-order valence-electron chi connectivity index (χ1n) is 7.38. The van der Waals surface area contributed by atoms with Crippen LogP contribution in [0.1, 0.15) is 11.1 Å². The van der Waals surface area contributed by atoms with Crippen molar-refractivity contribution in [1.29, 1.82) is 0 Å². The number of hydrogen-bond donors (Lipinski definition) is 1. The highest BCUT2D eigenvalue weighted by atomic mass is 35.5. The number of aryl methyl sites for hydroxylation is 2. The van der Waals surface area contributed by atoms with Crippen LogP contribution >= 0.6 is 23.2 Å². The summed E-state index contributed by atoms with van der Waals surface area (Å²) in [5, 5.41) is 3.29. The quantitative estimate of drug-likeness (QED) is 0.823. The number of nitrogens with zero attached hydrogens (tertiary/aromatic N) is 1. The minimum absolute atomic E-state index is 0.300. The topological polar surface area (TPSA) is 66.5 Å². The second-order valence-corrected chi connectivity index (χ2v) is 8.46. The molecule has 8 heteroatoms. The molecule has 0 saturated heterocycles. The smallest absolute Gasteiger partial charge is 0.245 e. The molecule has 0 bridgehead atoms. The lowest BCUT2D eigenvalue weighted by molar-refractivity contribution is -0.114. The van der Waals surface area contributed by atoms with Crippen LogP contribution < -0.4 is 9.62 Å². The molecule has 0 aliphatic carbocycles. The Labute approximate surface area is 157 Å². The zero-order chi connectivity index (χ0) is 18.8. The number of hydrogen-bond acceptors (Lipinski definition) is 3. The van der Waals surface area contributed by atoms with Gasteiger partial charge in [0, 0.05) is 5.69 Å². The maximum atomic E-state index is 12.3. The van der Waals surface area contributed by atoms with E-state index in [1.165, 1.54) is 6.07 Å². The van der Waals surface area contributed by atoms with Gasteiger partial charge in [-0.25, -0.2) is 8.42 Å². The first-order chi connectivity index (χ1) is 11.6. The van der Waals surface area contributed by atoms with Crippen molar-refractivity contribution >= 4 is 50.5 Å². The fourth-order valence-electron chi connectivity index (χ4n) is 2.37. The Hall–Kier alpha value is -1.76. The SMILES string of the molecule is Cc1ccc(N(CC(=O)Nc2ccc(Cl)c(Cl)c2)S(C)(=O)=O)c(C)c1. The number of benzene rings is 2. The summed E-state index contributed by atoms with van der Waals surface area (Å²) in [4.78, 5) is 12.3. The zero-order valence-corrected chi connectivity index (χ0v) is 16.3. The molecule has 0 saturated carbocycles. The van der Waals surface area contributed by atoms with E-state index in [-0.39, 0.29) is 6.54 Å². The van der Waals surface area contributed by atoms with Crippen molar-refractivity contribution in [3.63, 3.8) is 0 Å². The van der Waals surface area contributed by atoms with Crippen molar-refractivity contribution in [2.45, 2.75) is 13.8 Å². The number of nitrogens with one attached hydrogen (secondary N) is 1. The standard InChI is InChI=1S/C17H18Cl2N2O3S/c1-11-4-7-16(12(2)8-11)21(25(3,23)24)10-17(22)20-13-5-6-14(18)15(19)9-13/h4-9H,10H2,1-3H3,(H,20,22). The van der Waals surface area contributed by atoms with Crippen molar-refractivity contribution in [1.82, 2.24) is 0 Å². The molecule has 0 radical (unpaired) electrons. The van der Waals surface area contributed by atoms with E-state index in [0.717, 1.165) is 21.7 Å². The van der Waals surface area contributed by atoms with Gasteiger partial charge < -0.3 is 5.32 Å². The van der Waals surface area contributed by atoms with Gasteiger partial charge in [0.1, 0.15) is 6.54 Å². The molecule has 0 aliphatic heterocycles. The molecular formula is C17H18Cl2N2O3S. The van der Waals surface area contributed by atoms with Crippen molar-refractivity contribution in [3.8, 4) is 0 Å². The summed E-state index contributed by atoms with van der Waals surface area (Å²) < 4.78 is 25.4. The second kappa shape index (κ2) is 7.64. The largest absolute Gasteiger partial charge is 0.324 e. The molecule has 2 aromatic rings. The Kier molecular flexibility index (Phi) is 5.98. The third-order valence-corrected chi connectivity index (χ3v) is 5.38. The van der Waals surface area contributed by atoms with Gasteiger partial charge in [0.2, 0.25) is 15.9 Å². The summed E-state index contributed by atoms with van der Waals surface area (Å²) in [6.45, 7) is 3.37. The zero-order valence-electron chi connectivity index (χ0n) is 14.0. The number of amides is 1. The lowest BCUT2D eigenvalue weighted by atomic mass is 10.1. The van der Waals surface area contributed by atoms with Crippen molar-refractivity contribution in [2.75, 3.05) is 22.4 Å². The molecule has 0 fully saturated rings. The molecule has 0 aromatic heterocycles. The minimum Gasteiger partial charge on any atom is -0.324 e. The van der Waals surface area contributed by atoms with Crippen LogP contribution in [-0.2, 0) is 14.8 Å². The number of sulfonamides is 1. The number of halogens is 2. The summed E-state index contributed by atoms with van der Waals surface area (Å²) in [6.07, 6.45) is 1.07. The molecule has 134 valence electrons. The van der Waals surface area contributed by atoms with Crippen molar-refractivity contribution in [3.05, 3.63) is 57.6 Å². The maximum Gasteiger partial charge on any atom is 0.245 e. The van der Waals surface area contributed by atoms with Crippen LogP contribution in [0, 0.1) is 13.8 Å². The molecular weight excluding hydrogens is 383 g/mol. The average molecular weight is 401 g/mol. The summed E-state index contributed by atoms with van der Waals surface area (Å²) in [6, 6.07) is 10.0. The Morgan fingerprint density at radius 1 is 1.08 bits per heavy atom. The summed E-state index contributed by atoms with van der Waals surface area (Å²) in [7, 11) is -3.63. The van der Waals surface area contributed by atoms with Gasteiger partial charge >= 0.3 is 0 Å². The molecule has 25 heavy (non-hydrogen) atoms. The minimum atomic E-state index is -3.63. The van der Waals surface area contributed by atoms with E-state index >= 15 is 0 Å². The Morgan fingerprint density at radius 2 is 1.76 bits per heavy atom. The number of anilines is 2. The molecule has 0 atom stereocenters. The highest BCUT2D eigenvalue weighted by Gasteiger charge is 2.22. The lowest BCUT2D eigenvalue weighted by Crippen LogP contribution is -2.37. The Morgan fingerprint density at radius 3 is 2.32 bits per heavy atom. The Bertz CT molecular complexity index is 914. The van der Waals surface area contributed by atoms with Gasteiger partial charge in [-0.2, -0.15) is 0 Å². The van der Waals surface area contributed by atoms with Crippen LogP contribution in [0.25, 0.3) is 0 Å². The van der Waals surface area contributed by atoms with Crippen LogP contribution in [0.5, 0.6) is 0 Å². The molecule has 1 N–H and O–H groups in total. The van der Waals surface area contributed by atoms with Gasteiger partial charge in [-0.1, -0.05) is 40.9 Å². The second-order valence-electron chi connectivity index (χ2n) is 5.74. The van der Waals surface area contributed by atoms with Gasteiger partial charge in [-0.05, 0) is 43.7 Å². The molecule has 0 aliphatic rings. The fourth-order valence-corrected chi connectivity index (χ4v) is 3.58. The first kappa shape index (κ1) is 19.6. The van der Waals surface area contributed by atoms with Crippen LogP contribution in [0.4, 0.5) is 11.4 Å². The number of rotatable bonds is 5. The van der Waals surface area contributed by atoms with Crippen LogP contribution in [0.15, 0.2) is 36.4 Å². The highest BCUT2D eigenvalue weighted by Crippen LogP contribution is 2.26. The van der Waals surface area contributed by atoms with E-state index in [9.17, 15) is 13.2 Å². The van der Waals surface area contributed by atoms with E-state index < -0.39 is 15.9 Å². The highest BCUT2D eigenvalue weighted by molar-refractivity contribution is 7.92. The van der Waals surface area contributed by atoms with Crippen molar-refractivity contribution in [2.24, 2.45) is 0 Å². The average Bonchev–Trinajstić information content (AvgIpc) is 2.48. The van der Waals surface area contributed by atoms with Gasteiger partial charge in [0.05, 0.1) is 22.0 Å². The normalized spacial score (nSPS) is 11.2. The van der Waals surface area contributed by atoms with Crippen LogP contribution in [0.2, 0.25) is 10.0 Å². The Balaban J connectivity index is 2.25. The molecule has 5 nitrogen and oxygen atoms in total. The summed E-state index contributed by atoms with van der Waals surface area (Å²) >= 11 is 11.8. The molecule has 0 spiro atoms. The number of carbonyl (C=O) groups excluding carboxylic acids is 1. The molecule has 2 rings (SSSR count).